The molecule has 0 radical (unpaired) electrons. The average Bonchev–Trinajstić information content (AvgIpc) is 2.67. The Morgan fingerprint density at radius 3 is 2.39 bits per heavy atom. The molecule has 18 heavy (non-hydrogen) atoms. The fourth-order valence-electron chi connectivity index (χ4n) is 2.41. The third kappa shape index (κ3) is 1.88. The van der Waals surface area contributed by atoms with E-state index in [0.717, 1.165) is 34.8 Å². The van der Waals surface area contributed by atoms with Crippen LogP contribution < -0.4 is 5.56 Å². The maximum absolute atomic E-state index is 12.0. The molecule has 0 saturated heterocycles. The van der Waals surface area contributed by atoms with Crippen LogP contribution in [0.25, 0.3) is 11.4 Å². The van der Waals surface area contributed by atoms with Crippen molar-refractivity contribution in [2.24, 2.45) is 7.05 Å². The van der Waals surface area contributed by atoms with Crippen LogP contribution in [-0.2, 0) is 13.6 Å². The minimum atomic E-state index is 0.0410. The predicted molar refractivity (Wildman–Crippen MR) is 72.8 cm³/mol. The van der Waals surface area contributed by atoms with Gasteiger partial charge in [-0.25, -0.2) is 0 Å². The van der Waals surface area contributed by atoms with Gasteiger partial charge in [0.2, 0.25) is 0 Å². The van der Waals surface area contributed by atoms with E-state index in [1.54, 1.807) is 11.6 Å². The Balaban J connectivity index is 2.71. The number of aryl methyl sites for hydroxylation is 4. The van der Waals surface area contributed by atoms with Gasteiger partial charge in [0, 0.05) is 24.8 Å². The summed E-state index contributed by atoms with van der Waals surface area (Å²) in [6.07, 6.45) is 0. The fraction of sp³-hybridized carbons (Fsp3) is 0.429. The molecule has 2 rings (SSSR count). The van der Waals surface area contributed by atoms with Crippen LogP contribution >= 0.6 is 0 Å². The molecule has 4 heteroatoms. The minimum absolute atomic E-state index is 0.0410. The lowest BCUT2D eigenvalue weighted by Crippen LogP contribution is -2.21. The highest BCUT2D eigenvalue weighted by atomic mass is 16.1. The number of hydrogen-bond acceptors (Lipinski definition) is 2. The Labute approximate surface area is 107 Å². The average molecular weight is 245 g/mol. The van der Waals surface area contributed by atoms with Crippen LogP contribution in [0.15, 0.2) is 16.9 Å². The van der Waals surface area contributed by atoms with Crippen molar-refractivity contribution < 1.29 is 0 Å². The molecule has 0 aromatic carbocycles. The lowest BCUT2D eigenvalue weighted by molar-refractivity contribution is 0.640. The standard InChI is InChI=1S/C14H19N3O/c1-6-17-11(4)8-12(15-17)13-9(2)7-10(3)14(18)16(13)5/h7-8H,6H2,1-5H3. The van der Waals surface area contributed by atoms with Crippen LogP contribution in [0.2, 0.25) is 0 Å². The summed E-state index contributed by atoms with van der Waals surface area (Å²) >= 11 is 0. The van der Waals surface area contributed by atoms with Gasteiger partial charge >= 0.3 is 0 Å². The molecule has 0 atom stereocenters. The van der Waals surface area contributed by atoms with Crippen molar-refractivity contribution in [3.63, 3.8) is 0 Å². The normalized spacial score (nSPS) is 10.9. The Hall–Kier alpha value is -1.84. The largest absolute Gasteiger partial charge is 0.309 e. The maximum atomic E-state index is 12.0. The first kappa shape index (κ1) is 12.6. The van der Waals surface area contributed by atoms with Crippen molar-refractivity contribution in [3.05, 3.63) is 39.3 Å². The lowest BCUT2D eigenvalue weighted by atomic mass is 10.1. The molecule has 0 saturated carbocycles. The van der Waals surface area contributed by atoms with Crippen LogP contribution in [0.5, 0.6) is 0 Å². The number of pyridine rings is 1. The Kier molecular flexibility index (Phi) is 3.11. The quantitative estimate of drug-likeness (QED) is 0.813. The molecule has 96 valence electrons. The van der Waals surface area contributed by atoms with Crippen molar-refractivity contribution in [1.29, 1.82) is 0 Å². The summed E-state index contributed by atoms with van der Waals surface area (Å²) in [6, 6.07) is 3.96. The summed E-state index contributed by atoms with van der Waals surface area (Å²) in [6.45, 7) is 8.79. The second kappa shape index (κ2) is 4.44. The van der Waals surface area contributed by atoms with E-state index in [0.29, 0.717) is 0 Å². The molecular weight excluding hydrogens is 226 g/mol. The molecular formula is C14H19N3O. The molecule has 0 fully saturated rings. The van der Waals surface area contributed by atoms with Crippen LogP contribution in [0.1, 0.15) is 23.7 Å². The van der Waals surface area contributed by atoms with E-state index >= 15 is 0 Å². The van der Waals surface area contributed by atoms with Crippen molar-refractivity contribution in [2.45, 2.75) is 34.2 Å². The molecule has 0 unspecified atom stereocenters. The highest BCUT2D eigenvalue weighted by molar-refractivity contribution is 5.60. The van der Waals surface area contributed by atoms with Gasteiger partial charge in [-0.2, -0.15) is 5.10 Å². The summed E-state index contributed by atoms with van der Waals surface area (Å²) in [5.41, 5.74) is 4.77. The first-order valence-corrected chi connectivity index (χ1v) is 6.17. The zero-order chi connectivity index (χ0) is 13.4. The van der Waals surface area contributed by atoms with E-state index in [4.69, 9.17) is 0 Å². The first-order chi connectivity index (χ1) is 8.45. The third-order valence-corrected chi connectivity index (χ3v) is 3.31. The fourth-order valence-corrected chi connectivity index (χ4v) is 2.41. The lowest BCUT2D eigenvalue weighted by Gasteiger charge is -2.10. The summed E-state index contributed by atoms with van der Waals surface area (Å²) in [7, 11) is 1.80. The number of aromatic nitrogens is 3. The van der Waals surface area contributed by atoms with Gasteiger partial charge in [0.15, 0.2) is 0 Å². The van der Waals surface area contributed by atoms with Gasteiger partial charge in [-0.05, 0) is 45.4 Å². The molecule has 0 aliphatic carbocycles. The molecule has 0 N–H and O–H groups in total. The summed E-state index contributed by atoms with van der Waals surface area (Å²) in [5, 5.41) is 4.55. The van der Waals surface area contributed by atoms with Crippen LogP contribution in [0.4, 0.5) is 0 Å². The summed E-state index contributed by atoms with van der Waals surface area (Å²) < 4.78 is 3.63. The Morgan fingerprint density at radius 2 is 1.83 bits per heavy atom. The van der Waals surface area contributed by atoms with Gasteiger partial charge in [-0.15, -0.1) is 0 Å². The summed E-state index contributed by atoms with van der Waals surface area (Å²) in [5.74, 6) is 0. The van der Waals surface area contributed by atoms with Crippen molar-refractivity contribution in [3.8, 4) is 11.4 Å². The van der Waals surface area contributed by atoms with E-state index < -0.39 is 0 Å². The van der Waals surface area contributed by atoms with Crippen molar-refractivity contribution in [2.75, 3.05) is 0 Å². The van der Waals surface area contributed by atoms with Crippen LogP contribution in [0, 0.1) is 20.8 Å². The number of rotatable bonds is 2. The van der Waals surface area contributed by atoms with Crippen molar-refractivity contribution in [1.82, 2.24) is 14.3 Å². The molecule has 0 spiro atoms. The highest BCUT2D eigenvalue weighted by Crippen LogP contribution is 2.21. The molecule has 2 aromatic rings. The minimum Gasteiger partial charge on any atom is -0.309 e. The third-order valence-electron chi connectivity index (χ3n) is 3.31. The Bertz CT molecular complexity index is 650. The van der Waals surface area contributed by atoms with Gasteiger partial charge in [0.05, 0.1) is 5.69 Å². The molecule has 0 amide bonds. The van der Waals surface area contributed by atoms with Gasteiger partial charge in [0.25, 0.3) is 5.56 Å². The zero-order valence-electron chi connectivity index (χ0n) is 11.6. The number of hydrogen-bond donors (Lipinski definition) is 0. The van der Waals surface area contributed by atoms with Gasteiger partial charge in [-0.1, -0.05) is 0 Å². The molecule has 0 bridgehead atoms. The molecule has 4 nitrogen and oxygen atoms in total. The zero-order valence-corrected chi connectivity index (χ0v) is 11.6. The number of nitrogens with zero attached hydrogens (tertiary/aromatic N) is 3. The SMILES string of the molecule is CCn1nc(-c2c(C)cc(C)c(=O)n2C)cc1C. The smallest absolute Gasteiger partial charge is 0.253 e. The molecule has 2 heterocycles. The van der Waals surface area contributed by atoms with E-state index in [-0.39, 0.29) is 5.56 Å². The van der Waals surface area contributed by atoms with Gasteiger partial charge in [0.1, 0.15) is 5.69 Å². The monoisotopic (exact) mass is 245 g/mol. The summed E-state index contributed by atoms with van der Waals surface area (Å²) in [4.78, 5) is 12.0. The first-order valence-electron chi connectivity index (χ1n) is 6.17. The predicted octanol–water partition coefficient (Wildman–Crippen LogP) is 2.19. The Morgan fingerprint density at radius 1 is 1.17 bits per heavy atom. The van der Waals surface area contributed by atoms with E-state index in [2.05, 4.69) is 12.0 Å². The second-order valence-corrected chi connectivity index (χ2v) is 4.71. The maximum Gasteiger partial charge on any atom is 0.253 e. The molecule has 0 aliphatic heterocycles. The van der Waals surface area contributed by atoms with Gasteiger partial charge in [-0.3, -0.25) is 9.48 Å². The van der Waals surface area contributed by atoms with E-state index in [1.165, 1.54) is 0 Å². The van der Waals surface area contributed by atoms with Gasteiger partial charge < -0.3 is 4.57 Å². The molecule has 0 aliphatic rings. The van der Waals surface area contributed by atoms with Crippen molar-refractivity contribution >= 4 is 0 Å². The second-order valence-electron chi connectivity index (χ2n) is 4.71. The highest BCUT2D eigenvalue weighted by Gasteiger charge is 2.13. The molecule has 2 aromatic heterocycles. The topological polar surface area (TPSA) is 39.8 Å². The van der Waals surface area contributed by atoms with E-state index in [1.807, 2.05) is 37.6 Å². The van der Waals surface area contributed by atoms with E-state index in [9.17, 15) is 4.79 Å². The van der Waals surface area contributed by atoms with Crippen LogP contribution in [-0.4, -0.2) is 14.3 Å². The van der Waals surface area contributed by atoms with Crippen LogP contribution in [0.3, 0.4) is 0 Å².